The molecule has 0 saturated heterocycles. The predicted molar refractivity (Wildman–Crippen MR) is 93.4 cm³/mol. The van der Waals surface area contributed by atoms with E-state index in [1.165, 1.54) is 5.56 Å². The number of halogens is 1. The van der Waals surface area contributed by atoms with Gasteiger partial charge >= 0.3 is 0 Å². The molecule has 1 aromatic heterocycles. The van der Waals surface area contributed by atoms with Crippen LogP contribution in [0.2, 0.25) is 5.02 Å². The number of nitrogens with zero attached hydrogens (tertiary/aromatic N) is 3. The lowest BCUT2D eigenvalue weighted by atomic mass is 10.2. The van der Waals surface area contributed by atoms with Crippen LogP contribution in [0.15, 0.2) is 36.5 Å². The van der Waals surface area contributed by atoms with Crippen molar-refractivity contribution in [3.8, 4) is 0 Å². The molecule has 124 valence electrons. The quantitative estimate of drug-likeness (QED) is 0.801. The molecule has 0 fully saturated rings. The van der Waals surface area contributed by atoms with Crippen LogP contribution >= 0.6 is 11.6 Å². The minimum absolute atomic E-state index is 0.193. The molecule has 0 spiro atoms. The van der Waals surface area contributed by atoms with Gasteiger partial charge in [0.25, 0.3) is 0 Å². The van der Waals surface area contributed by atoms with Crippen LogP contribution in [0.25, 0.3) is 0 Å². The topological polar surface area (TPSA) is 49.2 Å². The maximum atomic E-state index is 9.13. The molecule has 0 atom stereocenters. The average molecular weight is 334 g/mol. The van der Waals surface area contributed by atoms with E-state index in [9.17, 15) is 0 Å². The molecule has 0 aliphatic heterocycles. The van der Waals surface area contributed by atoms with Gasteiger partial charge in [-0.05, 0) is 30.2 Å². The van der Waals surface area contributed by atoms with Gasteiger partial charge in [0.2, 0.25) is 0 Å². The van der Waals surface area contributed by atoms with Gasteiger partial charge in [-0.25, -0.2) is 9.97 Å². The summed E-state index contributed by atoms with van der Waals surface area (Å²) < 4.78 is 0. The van der Waals surface area contributed by atoms with E-state index in [2.05, 4.69) is 28.7 Å². The van der Waals surface area contributed by atoms with Gasteiger partial charge in [0.1, 0.15) is 5.82 Å². The molecule has 0 unspecified atom stereocenters. The van der Waals surface area contributed by atoms with E-state index in [0.717, 1.165) is 42.6 Å². The van der Waals surface area contributed by atoms with Crippen molar-refractivity contribution in [3.63, 3.8) is 0 Å². The van der Waals surface area contributed by atoms with Crippen molar-refractivity contribution in [1.82, 2.24) is 14.9 Å². The predicted octanol–water partition coefficient (Wildman–Crippen LogP) is 3.64. The molecule has 2 aromatic rings. The number of hydrogen-bond acceptors (Lipinski definition) is 4. The lowest BCUT2D eigenvalue weighted by Gasteiger charge is -2.22. The van der Waals surface area contributed by atoms with Crippen LogP contribution in [-0.4, -0.2) is 33.1 Å². The number of aliphatic hydroxyl groups excluding tert-OH is 1. The molecular formula is C18H24ClN3O. The van der Waals surface area contributed by atoms with Crippen LogP contribution in [0.4, 0.5) is 0 Å². The van der Waals surface area contributed by atoms with Crippen molar-refractivity contribution in [1.29, 1.82) is 0 Å². The summed E-state index contributed by atoms with van der Waals surface area (Å²) in [4.78, 5) is 11.2. The SMILES string of the molecule is CC(C)c1nccc(CN(CCCO)Cc2ccc(Cl)cc2)n1. The van der Waals surface area contributed by atoms with Crippen LogP contribution in [0.5, 0.6) is 0 Å². The highest BCUT2D eigenvalue weighted by Crippen LogP contribution is 2.14. The summed E-state index contributed by atoms with van der Waals surface area (Å²) in [6.07, 6.45) is 2.57. The zero-order chi connectivity index (χ0) is 16.7. The Morgan fingerprint density at radius 3 is 2.52 bits per heavy atom. The van der Waals surface area contributed by atoms with Crippen LogP contribution in [0, 0.1) is 0 Å². The van der Waals surface area contributed by atoms with E-state index >= 15 is 0 Å². The number of aromatic nitrogens is 2. The Hall–Kier alpha value is -1.49. The Bertz CT molecular complexity index is 601. The lowest BCUT2D eigenvalue weighted by molar-refractivity contribution is 0.211. The minimum Gasteiger partial charge on any atom is -0.396 e. The van der Waals surface area contributed by atoms with Crippen LogP contribution in [-0.2, 0) is 13.1 Å². The van der Waals surface area contributed by atoms with Gasteiger partial charge < -0.3 is 5.11 Å². The molecule has 23 heavy (non-hydrogen) atoms. The first-order valence-electron chi connectivity index (χ1n) is 7.98. The molecule has 0 saturated carbocycles. The Kier molecular flexibility index (Phi) is 6.96. The third-order valence-corrected chi connectivity index (χ3v) is 3.84. The van der Waals surface area contributed by atoms with E-state index in [-0.39, 0.29) is 6.61 Å². The summed E-state index contributed by atoms with van der Waals surface area (Å²) in [7, 11) is 0. The minimum atomic E-state index is 0.193. The molecule has 0 bridgehead atoms. The second kappa shape index (κ2) is 8.96. The van der Waals surface area contributed by atoms with Gasteiger partial charge in [0.05, 0.1) is 5.69 Å². The zero-order valence-electron chi connectivity index (χ0n) is 13.7. The van der Waals surface area contributed by atoms with E-state index in [0.29, 0.717) is 5.92 Å². The van der Waals surface area contributed by atoms with E-state index in [1.54, 1.807) is 0 Å². The smallest absolute Gasteiger partial charge is 0.131 e. The number of rotatable bonds is 8. The highest BCUT2D eigenvalue weighted by Gasteiger charge is 2.10. The average Bonchev–Trinajstić information content (AvgIpc) is 2.55. The Balaban J connectivity index is 2.08. The summed E-state index contributed by atoms with van der Waals surface area (Å²) >= 11 is 5.95. The van der Waals surface area contributed by atoms with Gasteiger partial charge in [-0.15, -0.1) is 0 Å². The number of hydrogen-bond donors (Lipinski definition) is 1. The first kappa shape index (κ1) is 17.9. The van der Waals surface area contributed by atoms with E-state index in [4.69, 9.17) is 16.7 Å². The van der Waals surface area contributed by atoms with Gasteiger partial charge in [-0.2, -0.15) is 0 Å². The molecule has 5 heteroatoms. The number of benzene rings is 1. The van der Waals surface area contributed by atoms with Crippen LogP contribution in [0.3, 0.4) is 0 Å². The maximum absolute atomic E-state index is 9.13. The molecule has 2 rings (SSSR count). The summed E-state index contributed by atoms with van der Waals surface area (Å²) in [5.74, 6) is 1.19. The summed E-state index contributed by atoms with van der Waals surface area (Å²) in [5, 5.41) is 9.87. The Morgan fingerprint density at radius 2 is 1.87 bits per heavy atom. The lowest BCUT2D eigenvalue weighted by Crippen LogP contribution is -2.25. The standard InChI is InChI=1S/C18H24ClN3O/c1-14(2)18-20-9-8-17(21-18)13-22(10-3-11-23)12-15-4-6-16(19)7-5-15/h4-9,14,23H,3,10-13H2,1-2H3. The van der Waals surface area contributed by atoms with Crippen LogP contribution < -0.4 is 0 Å². The van der Waals surface area contributed by atoms with Crippen molar-refractivity contribution >= 4 is 11.6 Å². The maximum Gasteiger partial charge on any atom is 0.131 e. The van der Waals surface area contributed by atoms with E-state index in [1.807, 2.05) is 36.5 Å². The molecule has 0 amide bonds. The molecular weight excluding hydrogens is 310 g/mol. The molecule has 1 N–H and O–H groups in total. The van der Waals surface area contributed by atoms with Gasteiger partial charge in [-0.1, -0.05) is 37.6 Å². The molecule has 4 nitrogen and oxygen atoms in total. The second-order valence-corrected chi connectivity index (χ2v) is 6.41. The Morgan fingerprint density at radius 1 is 1.13 bits per heavy atom. The fourth-order valence-corrected chi connectivity index (χ4v) is 2.49. The fraction of sp³-hybridized carbons (Fsp3) is 0.444. The molecule has 0 radical (unpaired) electrons. The van der Waals surface area contributed by atoms with Crippen molar-refractivity contribution in [3.05, 3.63) is 58.6 Å². The summed E-state index contributed by atoms with van der Waals surface area (Å²) in [6.45, 7) is 6.74. The first-order valence-corrected chi connectivity index (χ1v) is 8.35. The van der Waals surface area contributed by atoms with Crippen molar-refractivity contribution in [2.24, 2.45) is 0 Å². The molecule has 1 heterocycles. The molecule has 0 aliphatic rings. The monoisotopic (exact) mass is 333 g/mol. The first-order chi connectivity index (χ1) is 11.1. The zero-order valence-corrected chi connectivity index (χ0v) is 14.5. The second-order valence-electron chi connectivity index (χ2n) is 5.98. The molecule has 0 aliphatic carbocycles. The van der Waals surface area contributed by atoms with Crippen LogP contribution in [0.1, 0.15) is 43.3 Å². The Labute approximate surface area is 143 Å². The third kappa shape index (κ3) is 5.90. The van der Waals surface area contributed by atoms with Crippen molar-refractivity contribution in [2.45, 2.75) is 39.3 Å². The van der Waals surface area contributed by atoms with Gasteiger partial charge in [0, 0.05) is 43.4 Å². The normalized spacial score (nSPS) is 11.4. The van der Waals surface area contributed by atoms with Crippen molar-refractivity contribution < 1.29 is 5.11 Å². The highest BCUT2D eigenvalue weighted by molar-refractivity contribution is 6.30. The van der Waals surface area contributed by atoms with Gasteiger partial charge in [-0.3, -0.25) is 4.90 Å². The largest absolute Gasteiger partial charge is 0.396 e. The van der Waals surface area contributed by atoms with Crippen molar-refractivity contribution in [2.75, 3.05) is 13.2 Å². The van der Waals surface area contributed by atoms with Gasteiger partial charge in [0.15, 0.2) is 0 Å². The summed E-state index contributed by atoms with van der Waals surface area (Å²) in [6, 6.07) is 9.84. The summed E-state index contributed by atoms with van der Waals surface area (Å²) in [5.41, 5.74) is 2.21. The highest BCUT2D eigenvalue weighted by atomic mass is 35.5. The molecule has 1 aromatic carbocycles. The fourth-order valence-electron chi connectivity index (χ4n) is 2.36. The van der Waals surface area contributed by atoms with E-state index < -0.39 is 0 Å². The number of aliphatic hydroxyl groups is 1. The third-order valence-electron chi connectivity index (χ3n) is 3.59.